The molecule has 4 nitrogen and oxygen atoms in total. The molecule has 106 valence electrons. The fraction of sp³-hybridized carbons (Fsp3) is 0.667. The molecule has 2 rings (SSSR count). The standard InChI is InChI=1S/C15H26N4/c1-4-16-15-9-5-7-13(17-15)11-19-10-6-8-14(19)12-18(2)3/h5,7,9,14H,4,6,8,10-12H2,1-3H3,(H,16,17). The van der Waals surface area contributed by atoms with E-state index in [0.717, 1.165) is 25.5 Å². The van der Waals surface area contributed by atoms with Gasteiger partial charge in [-0.25, -0.2) is 4.98 Å². The van der Waals surface area contributed by atoms with E-state index in [1.54, 1.807) is 0 Å². The first kappa shape index (κ1) is 14.3. The van der Waals surface area contributed by atoms with E-state index in [0.29, 0.717) is 6.04 Å². The van der Waals surface area contributed by atoms with Gasteiger partial charge in [0, 0.05) is 25.7 Å². The largest absolute Gasteiger partial charge is 0.370 e. The van der Waals surface area contributed by atoms with Gasteiger partial charge >= 0.3 is 0 Å². The van der Waals surface area contributed by atoms with Crippen molar-refractivity contribution < 1.29 is 0 Å². The summed E-state index contributed by atoms with van der Waals surface area (Å²) < 4.78 is 0. The molecule has 1 unspecified atom stereocenters. The lowest BCUT2D eigenvalue weighted by Crippen LogP contribution is -2.37. The monoisotopic (exact) mass is 262 g/mol. The molecule has 1 atom stereocenters. The third-order valence-corrected chi connectivity index (χ3v) is 3.60. The van der Waals surface area contributed by atoms with Crippen LogP contribution in [-0.4, -0.2) is 54.6 Å². The number of hydrogen-bond donors (Lipinski definition) is 1. The molecular weight excluding hydrogens is 236 g/mol. The number of rotatable bonds is 6. The lowest BCUT2D eigenvalue weighted by atomic mass is 10.2. The van der Waals surface area contributed by atoms with Crippen LogP contribution in [0.1, 0.15) is 25.5 Å². The van der Waals surface area contributed by atoms with Gasteiger partial charge in [0.15, 0.2) is 0 Å². The number of pyridine rings is 1. The Morgan fingerprint density at radius 3 is 3.00 bits per heavy atom. The second-order valence-electron chi connectivity index (χ2n) is 5.57. The Kier molecular flexibility index (Phi) is 5.16. The molecule has 1 aliphatic heterocycles. The van der Waals surface area contributed by atoms with Crippen LogP contribution in [0, 0.1) is 0 Å². The number of anilines is 1. The molecule has 0 aliphatic carbocycles. The van der Waals surface area contributed by atoms with Gasteiger partial charge in [0.1, 0.15) is 5.82 Å². The molecule has 19 heavy (non-hydrogen) atoms. The summed E-state index contributed by atoms with van der Waals surface area (Å²) in [5.41, 5.74) is 1.17. The zero-order valence-corrected chi connectivity index (χ0v) is 12.4. The Balaban J connectivity index is 1.97. The van der Waals surface area contributed by atoms with Gasteiger partial charge in [-0.2, -0.15) is 0 Å². The minimum atomic E-state index is 0.680. The maximum atomic E-state index is 4.67. The zero-order chi connectivity index (χ0) is 13.7. The highest BCUT2D eigenvalue weighted by Crippen LogP contribution is 2.20. The lowest BCUT2D eigenvalue weighted by Gasteiger charge is -2.26. The van der Waals surface area contributed by atoms with Crippen LogP contribution in [0.4, 0.5) is 5.82 Å². The summed E-state index contributed by atoms with van der Waals surface area (Å²) in [7, 11) is 4.31. The molecular formula is C15H26N4. The van der Waals surface area contributed by atoms with Gasteiger partial charge in [-0.05, 0) is 52.5 Å². The van der Waals surface area contributed by atoms with Crippen LogP contribution in [0.15, 0.2) is 18.2 Å². The van der Waals surface area contributed by atoms with E-state index in [1.165, 1.54) is 25.1 Å². The molecule has 1 aliphatic rings. The Hall–Kier alpha value is -1.13. The summed E-state index contributed by atoms with van der Waals surface area (Å²) in [6.07, 6.45) is 2.62. The Labute approximate surface area is 116 Å². The highest BCUT2D eigenvalue weighted by molar-refractivity contribution is 5.35. The minimum Gasteiger partial charge on any atom is -0.370 e. The second-order valence-corrected chi connectivity index (χ2v) is 5.57. The van der Waals surface area contributed by atoms with Crippen LogP contribution in [0.25, 0.3) is 0 Å². The predicted octanol–water partition coefficient (Wildman–Crippen LogP) is 2.04. The van der Waals surface area contributed by atoms with Gasteiger partial charge in [0.05, 0.1) is 5.69 Å². The fourth-order valence-corrected chi connectivity index (χ4v) is 2.79. The first-order valence-electron chi connectivity index (χ1n) is 7.27. The molecule has 1 aromatic heterocycles. The van der Waals surface area contributed by atoms with Crippen LogP contribution < -0.4 is 5.32 Å². The number of hydrogen-bond acceptors (Lipinski definition) is 4. The van der Waals surface area contributed by atoms with Gasteiger partial charge in [-0.15, -0.1) is 0 Å². The average molecular weight is 262 g/mol. The summed E-state index contributed by atoms with van der Waals surface area (Å²) in [5.74, 6) is 0.989. The van der Waals surface area contributed by atoms with Crippen LogP contribution in [0.2, 0.25) is 0 Å². The van der Waals surface area contributed by atoms with Crippen molar-refractivity contribution in [2.24, 2.45) is 0 Å². The number of aromatic nitrogens is 1. The first-order valence-corrected chi connectivity index (χ1v) is 7.27. The molecule has 0 radical (unpaired) electrons. The predicted molar refractivity (Wildman–Crippen MR) is 80.4 cm³/mol. The maximum absolute atomic E-state index is 4.67. The van der Waals surface area contributed by atoms with Gasteiger partial charge in [-0.3, -0.25) is 4.90 Å². The van der Waals surface area contributed by atoms with E-state index < -0.39 is 0 Å². The van der Waals surface area contributed by atoms with E-state index in [9.17, 15) is 0 Å². The van der Waals surface area contributed by atoms with Gasteiger partial charge in [0.25, 0.3) is 0 Å². The second kappa shape index (κ2) is 6.87. The number of nitrogens with zero attached hydrogens (tertiary/aromatic N) is 3. The normalized spacial score (nSPS) is 20.1. The Morgan fingerprint density at radius 1 is 1.42 bits per heavy atom. The Bertz CT molecular complexity index is 391. The van der Waals surface area contributed by atoms with Crippen molar-refractivity contribution in [1.29, 1.82) is 0 Å². The SMILES string of the molecule is CCNc1cccc(CN2CCCC2CN(C)C)n1. The van der Waals surface area contributed by atoms with E-state index in [1.807, 2.05) is 6.07 Å². The number of likely N-dealkylation sites (tertiary alicyclic amines) is 1. The molecule has 1 saturated heterocycles. The van der Waals surface area contributed by atoms with E-state index in [2.05, 4.69) is 53.3 Å². The topological polar surface area (TPSA) is 31.4 Å². The van der Waals surface area contributed by atoms with Gasteiger partial charge in [-0.1, -0.05) is 6.07 Å². The van der Waals surface area contributed by atoms with E-state index in [-0.39, 0.29) is 0 Å². The van der Waals surface area contributed by atoms with Gasteiger partial charge in [0.2, 0.25) is 0 Å². The molecule has 2 heterocycles. The lowest BCUT2D eigenvalue weighted by molar-refractivity contribution is 0.199. The number of likely N-dealkylation sites (N-methyl/N-ethyl adjacent to an activating group) is 1. The molecule has 0 aromatic carbocycles. The molecule has 0 bridgehead atoms. The summed E-state index contributed by atoms with van der Waals surface area (Å²) in [4.78, 5) is 9.52. The van der Waals surface area contributed by atoms with Crippen LogP contribution in [0.3, 0.4) is 0 Å². The third kappa shape index (κ3) is 4.18. The molecule has 0 saturated carbocycles. The fourth-order valence-electron chi connectivity index (χ4n) is 2.79. The number of nitrogens with one attached hydrogen (secondary N) is 1. The summed E-state index contributed by atoms with van der Waals surface area (Å²) in [5, 5.41) is 3.28. The Morgan fingerprint density at radius 2 is 2.26 bits per heavy atom. The van der Waals surface area contributed by atoms with Gasteiger partial charge < -0.3 is 10.2 Å². The molecule has 1 aromatic rings. The van der Waals surface area contributed by atoms with Crippen LogP contribution in [0.5, 0.6) is 0 Å². The summed E-state index contributed by atoms with van der Waals surface area (Å²) in [6, 6.07) is 6.94. The maximum Gasteiger partial charge on any atom is 0.126 e. The minimum absolute atomic E-state index is 0.680. The van der Waals surface area contributed by atoms with E-state index >= 15 is 0 Å². The van der Waals surface area contributed by atoms with Crippen LogP contribution in [-0.2, 0) is 6.54 Å². The van der Waals surface area contributed by atoms with Crippen molar-refractivity contribution in [1.82, 2.24) is 14.8 Å². The van der Waals surface area contributed by atoms with Crippen molar-refractivity contribution in [2.75, 3.05) is 39.0 Å². The first-order chi connectivity index (χ1) is 9.19. The molecule has 1 fully saturated rings. The average Bonchev–Trinajstić information content (AvgIpc) is 2.77. The van der Waals surface area contributed by atoms with Crippen LogP contribution >= 0.6 is 0 Å². The smallest absolute Gasteiger partial charge is 0.126 e. The van der Waals surface area contributed by atoms with Crippen molar-refractivity contribution in [2.45, 2.75) is 32.4 Å². The van der Waals surface area contributed by atoms with E-state index in [4.69, 9.17) is 0 Å². The summed E-state index contributed by atoms with van der Waals surface area (Å²) >= 11 is 0. The third-order valence-electron chi connectivity index (χ3n) is 3.60. The highest BCUT2D eigenvalue weighted by Gasteiger charge is 2.25. The molecule has 1 N–H and O–H groups in total. The van der Waals surface area contributed by atoms with Crippen molar-refractivity contribution >= 4 is 5.82 Å². The highest BCUT2D eigenvalue weighted by atomic mass is 15.2. The molecule has 4 heteroatoms. The van der Waals surface area contributed by atoms with Crippen molar-refractivity contribution in [3.63, 3.8) is 0 Å². The van der Waals surface area contributed by atoms with Crippen molar-refractivity contribution in [3.8, 4) is 0 Å². The molecule has 0 amide bonds. The zero-order valence-electron chi connectivity index (χ0n) is 12.4. The molecule has 0 spiro atoms. The quantitative estimate of drug-likeness (QED) is 0.850. The van der Waals surface area contributed by atoms with Crippen molar-refractivity contribution in [3.05, 3.63) is 23.9 Å². The summed E-state index contributed by atoms with van der Waals surface area (Å²) in [6.45, 7) is 6.33.